The Morgan fingerprint density at radius 2 is 1.93 bits per heavy atom. The molecule has 0 bridgehead atoms. The van der Waals surface area contributed by atoms with Crippen LogP contribution in [0.3, 0.4) is 0 Å². The van der Waals surface area contributed by atoms with Crippen molar-refractivity contribution in [3.05, 3.63) is 30.5 Å². The fourth-order valence-corrected chi connectivity index (χ4v) is 1.14. The third kappa shape index (κ3) is 2.10. The molecule has 76 valence electrons. The van der Waals surface area contributed by atoms with Crippen molar-refractivity contribution in [2.45, 2.75) is 33.6 Å². The Morgan fingerprint density at radius 1 is 1.21 bits per heavy atom. The highest BCUT2D eigenvalue weighted by Crippen LogP contribution is 2.10. The first-order valence-electron chi connectivity index (χ1n) is 5.06. The average molecular weight is 191 g/mol. The predicted molar refractivity (Wildman–Crippen MR) is 58.4 cm³/mol. The van der Waals surface area contributed by atoms with Crippen LogP contribution in [-0.2, 0) is 0 Å². The van der Waals surface area contributed by atoms with Gasteiger partial charge in [0.15, 0.2) is 5.65 Å². The van der Waals surface area contributed by atoms with Crippen LogP contribution in [0.5, 0.6) is 0 Å². The summed E-state index contributed by atoms with van der Waals surface area (Å²) in [6, 6.07) is 0. The van der Waals surface area contributed by atoms with E-state index in [0.29, 0.717) is 5.92 Å². The van der Waals surface area contributed by atoms with Crippen molar-refractivity contribution >= 4 is 5.65 Å². The molecule has 2 aromatic heterocycles. The van der Waals surface area contributed by atoms with Crippen molar-refractivity contribution in [2.75, 3.05) is 0 Å². The van der Waals surface area contributed by atoms with Gasteiger partial charge in [0.05, 0.1) is 11.9 Å². The van der Waals surface area contributed by atoms with Gasteiger partial charge in [0.1, 0.15) is 0 Å². The number of aromatic nitrogens is 3. The first-order valence-corrected chi connectivity index (χ1v) is 5.06. The Kier molecular flexibility index (Phi) is 3.63. The maximum absolute atomic E-state index is 4.30. The maximum atomic E-state index is 4.30. The highest BCUT2D eigenvalue weighted by molar-refractivity contribution is 5.35. The molecule has 0 saturated carbocycles. The van der Waals surface area contributed by atoms with E-state index in [4.69, 9.17) is 0 Å². The molecular formula is C11H17N3. The van der Waals surface area contributed by atoms with Gasteiger partial charge >= 0.3 is 0 Å². The molecule has 2 aromatic rings. The molecule has 2 rings (SSSR count). The summed E-state index contributed by atoms with van der Waals surface area (Å²) in [5.41, 5.74) is 2.00. The van der Waals surface area contributed by atoms with Gasteiger partial charge in [0.25, 0.3) is 0 Å². The van der Waals surface area contributed by atoms with Gasteiger partial charge in [0, 0.05) is 18.6 Å². The van der Waals surface area contributed by atoms with Crippen molar-refractivity contribution in [1.82, 2.24) is 14.4 Å². The summed E-state index contributed by atoms with van der Waals surface area (Å²) in [5, 5.41) is 0. The van der Waals surface area contributed by atoms with Gasteiger partial charge in [0.2, 0.25) is 0 Å². The molecule has 0 amide bonds. The normalized spacial score (nSPS) is 10.1. The van der Waals surface area contributed by atoms with Crippen LogP contribution in [0.4, 0.5) is 0 Å². The van der Waals surface area contributed by atoms with Crippen LogP contribution >= 0.6 is 0 Å². The van der Waals surface area contributed by atoms with E-state index in [1.807, 2.05) is 30.6 Å². The summed E-state index contributed by atoms with van der Waals surface area (Å²) in [6.45, 7) is 8.26. The first-order chi connectivity index (χ1) is 6.77. The van der Waals surface area contributed by atoms with E-state index in [-0.39, 0.29) is 0 Å². The van der Waals surface area contributed by atoms with Crippen LogP contribution in [0.15, 0.2) is 24.8 Å². The third-order valence-electron chi connectivity index (χ3n) is 1.89. The summed E-state index contributed by atoms with van der Waals surface area (Å²) in [4.78, 5) is 8.41. The molecule has 0 atom stereocenters. The summed E-state index contributed by atoms with van der Waals surface area (Å²) in [7, 11) is 0. The molecule has 0 saturated heterocycles. The lowest BCUT2D eigenvalue weighted by Crippen LogP contribution is -1.95. The molecule has 0 aliphatic carbocycles. The Labute approximate surface area is 84.8 Å². The molecule has 3 heteroatoms. The van der Waals surface area contributed by atoms with Crippen molar-refractivity contribution < 1.29 is 0 Å². The largest absolute Gasteiger partial charge is 0.304 e. The standard InChI is InChI=1S/C9H11N3.C2H6/c1-7(2)8-6-12-4-3-10-9(12)5-11-8;1-2/h3-7H,1-2H3;1-2H3. The second-order valence-electron chi connectivity index (χ2n) is 3.16. The van der Waals surface area contributed by atoms with Crippen LogP contribution in [0.25, 0.3) is 5.65 Å². The number of nitrogens with zero attached hydrogens (tertiary/aromatic N) is 3. The second-order valence-corrected chi connectivity index (χ2v) is 3.16. The van der Waals surface area contributed by atoms with Crippen molar-refractivity contribution in [2.24, 2.45) is 0 Å². The van der Waals surface area contributed by atoms with Gasteiger partial charge in [-0.3, -0.25) is 4.98 Å². The number of hydrogen-bond acceptors (Lipinski definition) is 2. The molecule has 0 fully saturated rings. The highest BCUT2D eigenvalue weighted by Gasteiger charge is 2.01. The summed E-state index contributed by atoms with van der Waals surface area (Å²) >= 11 is 0. The Morgan fingerprint density at radius 3 is 2.57 bits per heavy atom. The van der Waals surface area contributed by atoms with E-state index in [1.54, 1.807) is 12.4 Å². The number of rotatable bonds is 1. The average Bonchev–Trinajstić information content (AvgIpc) is 2.67. The predicted octanol–water partition coefficient (Wildman–Crippen LogP) is 2.88. The molecule has 0 aromatic carbocycles. The lowest BCUT2D eigenvalue weighted by molar-refractivity contribution is 0.808. The van der Waals surface area contributed by atoms with Gasteiger partial charge in [-0.05, 0) is 5.92 Å². The molecule has 0 spiro atoms. The minimum Gasteiger partial charge on any atom is -0.304 e. The first kappa shape index (κ1) is 10.7. The smallest absolute Gasteiger partial charge is 0.155 e. The van der Waals surface area contributed by atoms with E-state index in [2.05, 4.69) is 23.8 Å². The van der Waals surface area contributed by atoms with Crippen LogP contribution in [0.1, 0.15) is 39.3 Å². The third-order valence-corrected chi connectivity index (χ3v) is 1.89. The quantitative estimate of drug-likeness (QED) is 0.693. The van der Waals surface area contributed by atoms with Gasteiger partial charge in [-0.2, -0.15) is 0 Å². The van der Waals surface area contributed by atoms with Crippen LogP contribution in [0.2, 0.25) is 0 Å². The van der Waals surface area contributed by atoms with E-state index >= 15 is 0 Å². The zero-order valence-electron chi connectivity index (χ0n) is 9.23. The maximum Gasteiger partial charge on any atom is 0.155 e. The molecule has 14 heavy (non-hydrogen) atoms. The van der Waals surface area contributed by atoms with Gasteiger partial charge in [-0.15, -0.1) is 0 Å². The lowest BCUT2D eigenvalue weighted by atomic mass is 10.1. The summed E-state index contributed by atoms with van der Waals surface area (Å²) < 4.78 is 1.99. The van der Waals surface area contributed by atoms with Gasteiger partial charge in [-0.25, -0.2) is 4.98 Å². The van der Waals surface area contributed by atoms with Gasteiger partial charge in [-0.1, -0.05) is 27.7 Å². The zero-order valence-corrected chi connectivity index (χ0v) is 9.23. The van der Waals surface area contributed by atoms with Crippen molar-refractivity contribution in [1.29, 1.82) is 0 Å². The van der Waals surface area contributed by atoms with Crippen LogP contribution < -0.4 is 0 Å². The molecular weight excluding hydrogens is 174 g/mol. The van der Waals surface area contributed by atoms with Gasteiger partial charge < -0.3 is 4.40 Å². The Bertz CT molecular complexity index is 390. The Hall–Kier alpha value is -1.38. The monoisotopic (exact) mass is 191 g/mol. The molecule has 3 nitrogen and oxygen atoms in total. The number of fused-ring (bicyclic) bond motifs is 1. The molecule has 0 aliphatic rings. The number of hydrogen-bond donors (Lipinski definition) is 0. The summed E-state index contributed by atoms with van der Waals surface area (Å²) in [5.74, 6) is 0.469. The SMILES string of the molecule is CC.CC(C)c1cn2ccnc2cn1. The van der Waals surface area contributed by atoms with Crippen molar-refractivity contribution in [3.63, 3.8) is 0 Å². The molecule has 0 radical (unpaired) electrons. The topological polar surface area (TPSA) is 30.2 Å². The molecule has 0 unspecified atom stereocenters. The van der Waals surface area contributed by atoms with E-state index < -0.39 is 0 Å². The Balaban J connectivity index is 0.000000461. The van der Waals surface area contributed by atoms with Crippen LogP contribution in [-0.4, -0.2) is 14.4 Å². The van der Waals surface area contributed by atoms with Crippen LogP contribution in [0, 0.1) is 0 Å². The van der Waals surface area contributed by atoms with E-state index in [1.165, 1.54) is 0 Å². The molecule has 0 N–H and O–H groups in total. The fourth-order valence-electron chi connectivity index (χ4n) is 1.14. The second kappa shape index (κ2) is 4.74. The fraction of sp³-hybridized carbons (Fsp3) is 0.455. The van der Waals surface area contributed by atoms with Crippen molar-refractivity contribution in [3.8, 4) is 0 Å². The highest BCUT2D eigenvalue weighted by atomic mass is 15.0. The minimum absolute atomic E-state index is 0.469. The lowest BCUT2D eigenvalue weighted by Gasteiger charge is -2.03. The zero-order chi connectivity index (χ0) is 10.6. The summed E-state index contributed by atoms with van der Waals surface area (Å²) in [6.07, 6.45) is 7.53. The van der Waals surface area contributed by atoms with E-state index in [9.17, 15) is 0 Å². The molecule has 0 aliphatic heterocycles. The minimum atomic E-state index is 0.469. The number of imidazole rings is 1. The van der Waals surface area contributed by atoms with E-state index in [0.717, 1.165) is 11.3 Å². The molecule has 2 heterocycles.